The Balaban J connectivity index is 1.49. The van der Waals surface area contributed by atoms with Gasteiger partial charge in [-0.25, -0.2) is 0 Å². The molecule has 2 atom stereocenters. The first-order valence-corrected chi connectivity index (χ1v) is 12.5. The van der Waals surface area contributed by atoms with Crippen LogP contribution in [0.1, 0.15) is 30.5 Å². The number of carbonyl (C=O) groups excluding carboxylic acids is 1. The maximum absolute atomic E-state index is 11.4. The van der Waals surface area contributed by atoms with Crippen LogP contribution in [0.3, 0.4) is 0 Å². The number of hydrogen-bond donors (Lipinski definition) is 2. The fourth-order valence-corrected chi connectivity index (χ4v) is 5.25. The van der Waals surface area contributed by atoms with Gasteiger partial charge in [-0.3, -0.25) is 9.78 Å². The van der Waals surface area contributed by atoms with Gasteiger partial charge in [0.15, 0.2) is 10.2 Å². The van der Waals surface area contributed by atoms with E-state index >= 15 is 0 Å². The Hall–Kier alpha value is -3.33. The molecule has 0 radical (unpaired) electrons. The molecule has 4 aromatic rings. The lowest BCUT2D eigenvalue weighted by molar-refractivity contribution is -0.114. The fourth-order valence-electron chi connectivity index (χ4n) is 4.00. The second kappa shape index (κ2) is 10.1. The number of furan rings is 1. The molecule has 6 nitrogen and oxygen atoms in total. The number of aromatic nitrogens is 1. The maximum Gasteiger partial charge on any atom is 0.221 e. The van der Waals surface area contributed by atoms with Crippen molar-refractivity contribution in [3.63, 3.8) is 0 Å². The molecule has 0 aliphatic carbocycles. The molecule has 1 amide bonds. The van der Waals surface area contributed by atoms with Gasteiger partial charge in [0.1, 0.15) is 11.8 Å². The van der Waals surface area contributed by atoms with Gasteiger partial charge in [0, 0.05) is 34.4 Å². The molecule has 1 aliphatic rings. The summed E-state index contributed by atoms with van der Waals surface area (Å²) in [5.74, 6) is 0.640. The van der Waals surface area contributed by atoms with Gasteiger partial charge in [0.05, 0.1) is 11.7 Å². The molecule has 2 aromatic heterocycles. The Labute approximate surface area is 217 Å². The van der Waals surface area contributed by atoms with Gasteiger partial charge < -0.3 is 20.0 Å². The molecule has 0 bridgehead atoms. The van der Waals surface area contributed by atoms with Crippen LogP contribution in [0.15, 0.2) is 99.5 Å². The SMILES string of the molecule is CC(=O)Nc1ccc(N2C(=S)N[C@@H](c3ccccn3)[C@H]2c2ccc(Sc3ccc(Cl)cc3)o2)cc1. The van der Waals surface area contributed by atoms with Crippen molar-refractivity contribution in [2.24, 2.45) is 0 Å². The van der Waals surface area contributed by atoms with Crippen LogP contribution in [0.2, 0.25) is 5.02 Å². The van der Waals surface area contributed by atoms with E-state index in [-0.39, 0.29) is 18.0 Å². The van der Waals surface area contributed by atoms with Crippen LogP contribution in [0.4, 0.5) is 11.4 Å². The highest BCUT2D eigenvalue weighted by molar-refractivity contribution is 7.99. The normalized spacial score (nSPS) is 17.3. The first-order chi connectivity index (χ1) is 17.0. The first-order valence-electron chi connectivity index (χ1n) is 10.9. The van der Waals surface area contributed by atoms with Crippen molar-refractivity contribution in [2.75, 3.05) is 10.2 Å². The smallest absolute Gasteiger partial charge is 0.221 e. The standard InChI is InChI=1S/C26H21ClN4O2S2/c1-16(32)29-18-7-9-19(10-8-18)31-25(24(30-26(31)34)21-4-2-3-15-28-21)22-13-14-23(33-22)35-20-11-5-17(27)6-12-20/h2-15,24-25H,1H3,(H,29,32)(H,30,34)/t24-,25+/m0/s1. The van der Waals surface area contributed by atoms with Crippen molar-refractivity contribution in [3.8, 4) is 0 Å². The summed E-state index contributed by atoms with van der Waals surface area (Å²) in [5, 5.41) is 8.25. The van der Waals surface area contributed by atoms with Crippen molar-refractivity contribution >= 4 is 58.0 Å². The summed E-state index contributed by atoms with van der Waals surface area (Å²) >= 11 is 13.3. The highest BCUT2D eigenvalue weighted by Crippen LogP contribution is 2.43. The van der Waals surface area contributed by atoms with Crippen molar-refractivity contribution in [1.82, 2.24) is 10.3 Å². The van der Waals surface area contributed by atoms with Crippen molar-refractivity contribution in [2.45, 2.75) is 29.0 Å². The number of anilines is 2. The zero-order valence-electron chi connectivity index (χ0n) is 18.6. The number of amides is 1. The van der Waals surface area contributed by atoms with Gasteiger partial charge in [-0.15, -0.1) is 0 Å². The van der Waals surface area contributed by atoms with Gasteiger partial charge in [-0.2, -0.15) is 0 Å². The summed E-state index contributed by atoms with van der Waals surface area (Å²) in [6, 6.07) is 24.5. The molecule has 9 heteroatoms. The molecular weight excluding hydrogens is 500 g/mol. The second-order valence-corrected chi connectivity index (χ2v) is 9.84. The summed E-state index contributed by atoms with van der Waals surface area (Å²) in [5.41, 5.74) is 2.46. The monoisotopic (exact) mass is 520 g/mol. The molecule has 2 N–H and O–H groups in total. The maximum atomic E-state index is 11.4. The van der Waals surface area contributed by atoms with Gasteiger partial charge >= 0.3 is 0 Å². The van der Waals surface area contributed by atoms with Gasteiger partial charge in [-0.05, 0) is 85.0 Å². The molecule has 1 fully saturated rings. The summed E-state index contributed by atoms with van der Waals surface area (Å²) in [6.07, 6.45) is 1.77. The molecule has 2 aromatic carbocycles. The topological polar surface area (TPSA) is 70.4 Å². The molecule has 0 spiro atoms. The molecule has 1 aliphatic heterocycles. The van der Waals surface area contributed by atoms with Crippen molar-refractivity contribution in [3.05, 3.63) is 102 Å². The van der Waals surface area contributed by atoms with Crippen LogP contribution in [0.5, 0.6) is 0 Å². The van der Waals surface area contributed by atoms with Gasteiger partial charge in [0.25, 0.3) is 0 Å². The van der Waals surface area contributed by atoms with E-state index in [4.69, 9.17) is 28.2 Å². The molecule has 3 heterocycles. The Morgan fingerprint density at radius 3 is 2.54 bits per heavy atom. The number of halogens is 1. The lowest BCUT2D eigenvalue weighted by Gasteiger charge is -2.26. The van der Waals surface area contributed by atoms with Crippen molar-refractivity contribution < 1.29 is 9.21 Å². The number of nitrogens with one attached hydrogen (secondary N) is 2. The Morgan fingerprint density at radius 1 is 1.09 bits per heavy atom. The largest absolute Gasteiger partial charge is 0.452 e. The lowest BCUT2D eigenvalue weighted by atomic mass is 10.0. The summed E-state index contributed by atoms with van der Waals surface area (Å²) in [4.78, 5) is 19.0. The highest BCUT2D eigenvalue weighted by atomic mass is 35.5. The van der Waals surface area contributed by atoms with Gasteiger partial charge in [0.2, 0.25) is 5.91 Å². The highest BCUT2D eigenvalue weighted by Gasteiger charge is 2.42. The molecular formula is C26H21ClN4O2S2. The van der Waals surface area contributed by atoms with Crippen LogP contribution in [0.25, 0.3) is 0 Å². The molecule has 0 unspecified atom stereocenters. The van der Waals surface area contributed by atoms with Crippen LogP contribution in [-0.2, 0) is 4.79 Å². The quantitative estimate of drug-likeness (QED) is 0.277. The number of pyridine rings is 1. The predicted molar refractivity (Wildman–Crippen MR) is 143 cm³/mol. The number of thiocarbonyl (C=S) groups is 1. The van der Waals surface area contributed by atoms with E-state index in [1.54, 1.807) is 6.20 Å². The Kier molecular flexibility index (Phi) is 6.77. The van der Waals surface area contributed by atoms with Crippen molar-refractivity contribution in [1.29, 1.82) is 0 Å². The number of nitrogens with zero attached hydrogens (tertiary/aromatic N) is 2. The van der Waals surface area contributed by atoms with E-state index in [2.05, 4.69) is 15.6 Å². The van der Waals surface area contributed by atoms with E-state index in [9.17, 15) is 4.79 Å². The molecule has 176 valence electrons. The average Bonchev–Trinajstić information content (AvgIpc) is 3.45. The second-order valence-electron chi connectivity index (χ2n) is 7.94. The van der Waals surface area contributed by atoms with Crippen LogP contribution in [0, 0.1) is 0 Å². The third kappa shape index (κ3) is 5.19. The number of hydrogen-bond acceptors (Lipinski definition) is 5. The minimum Gasteiger partial charge on any atom is -0.452 e. The number of rotatable bonds is 6. The minimum atomic E-state index is -0.261. The molecule has 35 heavy (non-hydrogen) atoms. The summed E-state index contributed by atoms with van der Waals surface area (Å²) < 4.78 is 6.33. The number of carbonyl (C=O) groups is 1. The zero-order valence-corrected chi connectivity index (χ0v) is 21.0. The molecule has 1 saturated heterocycles. The minimum absolute atomic E-state index is 0.120. The summed E-state index contributed by atoms with van der Waals surface area (Å²) in [6.45, 7) is 1.48. The van der Waals surface area contributed by atoms with E-state index < -0.39 is 0 Å². The average molecular weight is 521 g/mol. The lowest BCUT2D eigenvalue weighted by Crippen LogP contribution is -2.29. The van der Waals surface area contributed by atoms with E-state index in [0.717, 1.165) is 32.8 Å². The summed E-state index contributed by atoms with van der Waals surface area (Å²) in [7, 11) is 0. The number of benzene rings is 2. The van der Waals surface area contributed by atoms with Crippen LogP contribution < -0.4 is 15.5 Å². The van der Waals surface area contributed by atoms with E-state index in [0.29, 0.717) is 10.1 Å². The fraction of sp³-hybridized carbons (Fsp3) is 0.115. The van der Waals surface area contributed by atoms with Gasteiger partial charge in [-0.1, -0.05) is 29.4 Å². The Bertz CT molecular complexity index is 1340. The van der Waals surface area contributed by atoms with Crippen LogP contribution in [-0.4, -0.2) is 16.0 Å². The van der Waals surface area contributed by atoms with E-state index in [1.807, 2.05) is 83.8 Å². The zero-order chi connectivity index (χ0) is 24.4. The van der Waals surface area contributed by atoms with E-state index in [1.165, 1.54) is 18.7 Å². The molecule has 5 rings (SSSR count). The predicted octanol–water partition coefficient (Wildman–Crippen LogP) is 6.61. The first kappa shape index (κ1) is 23.4. The third-order valence-electron chi connectivity index (χ3n) is 5.49. The Morgan fingerprint density at radius 2 is 1.86 bits per heavy atom. The molecule has 0 saturated carbocycles. The van der Waals surface area contributed by atoms with Crippen LogP contribution >= 0.6 is 35.6 Å². The third-order valence-corrected chi connectivity index (χ3v) is 6.98.